The number of aryl methyl sites for hydroxylation is 1. The van der Waals surface area contributed by atoms with Gasteiger partial charge in [-0.15, -0.1) is 11.3 Å². The Kier molecular flexibility index (Phi) is 5.36. The average molecular weight is 372 g/mol. The molecule has 0 aliphatic rings. The van der Waals surface area contributed by atoms with Crippen LogP contribution in [0.25, 0.3) is 11.3 Å². The minimum absolute atomic E-state index is 0.560. The van der Waals surface area contributed by atoms with Crippen LogP contribution in [0.1, 0.15) is 18.4 Å². The molecule has 2 aromatic heterocycles. The van der Waals surface area contributed by atoms with E-state index in [-0.39, 0.29) is 0 Å². The number of hydrogen-bond acceptors (Lipinski definition) is 4. The summed E-state index contributed by atoms with van der Waals surface area (Å²) in [5.41, 5.74) is 2.90. The number of aromatic nitrogens is 1. The fraction of sp³-hybridized carbons (Fsp3) is 0.158. The van der Waals surface area contributed by atoms with Gasteiger partial charge in [-0.2, -0.15) is 5.10 Å². The van der Waals surface area contributed by atoms with Crippen molar-refractivity contribution in [2.45, 2.75) is 13.8 Å². The molecular weight excluding hydrogens is 354 g/mol. The van der Waals surface area contributed by atoms with Gasteiger partial charge >= 0.3 is 0 Å². The lowest BCUT2D eigenvalue weighted by atomic mass is 10.2. The third-order valence-corrected chi connectivity index (χ3v) is 4.44. The Balaban J connectivity index is 2.08. The van der Waals surface area contributed by atoms with Gasteiger partial charge in [0.1, 0.15) is 11.5 Å². The van der Waals surface area contributed by atoms with Crippen LogP contribution in [0.15, 0.2) is 68.4 Å². The van der Waals surface area contributed by atoms with E-state index in [1.54, 1.807) is 10.9 Å². The molecule has 0 saturated heterocycles. The summed E-state index contributed by atoms with van der Waals surface area (Å²) in [6.07, 6.45) is 1.69. The van der Waals surface area contributed by atoms with Crippen molar-refractivity contribution in [2.75, 3.05) is 6.54 Å². The van der Waals surface area contributed by atoms with Crippen LogP contribution in [-0.4, -0.2) is 17.4 Å². The maximum Gasteiger partial charge on any atom is 0.206 e. The van der Waals surface area contributed by atoms with Crippen LogP contribution in [0.2, 0.25) is 5.02 Å². The molecular formula is C19H18ClN3OS. The van der Waals surface area contributed by atoms with Crippen molar-refractivity contribution >= 4 is 29.2 Å². The van der Waals surface area contributed by atoms with E-state index in [4.69, 9.17) is 16.0 Å². The number of halogens is 1. The van der Waals surface area contributed by atoms with Crippen LogP contribution in [0.4, 0.5) is 0 Å². The predicted octanol–water partition coefficient (Wildman–Crippen LogP) is 5.13. The van der Waals surface area contributed by atoms with Gasteiger partial charge in [0.05, 0.1) is 18.5 Å². The molecule has 6 heteroatoms. The Morgan fingerprint density at radius 2 is 2.20 bits per heavy atom. The maximum absolute atomic E-state index is 6.14. The Bertz CT molecular complexity index is 994. The third kappa shape index (κ3) is 4.38. The normalized spacial score (nSPS) is 12.2. The highest BCUT2D eigenvalue weighted by Crippen LogP contribution is 2.23. The second kappa shape index (κ2) is 7.68. The van der Waals surface area contributed by atoms with Crippen molar-refractivity contribution < 1.29 is 4.42 Å². The van der Waals surface area contributed by atoms with Gasteiger partial charge in [-0.3, -0.25) is 4.99 Å². The van der Waals surface area contributed by atoms with Crippen molar-refractivity contribution in [3.63, 3.8) is 0 Å². The molecule has 2 heterocycles. The molecule has 0 aliphatic heterocycles. The van der Waals surface area contributed by atoms with Gasteiger partial charge < -0.3 is 4.42 Å². The van der Waals surface area contributed by atoms with E-state index in [2.05, 4.69) is 16.7 Å². The molecule has 0 fully saturated rings. The highest BCUT2D eigenvalue weighted by atomic mass is 35.5. The Labute approximate surface area is 155 Å². The van der Waals surface area contributed by atoms with Gasteiger partial charge in [0.2, 0.25) is 4.80 Å². The minimum Gasteiger partial charge on any atom is -0.460 e. The second-order valence-corrected chi connectivity index (χ2v) is 6.96. The molecule has 0 unspecified atom stereocenters. The highest BCUT2D eigenvalue weighted by molar-refractivity contribution is 7.07. The largest absolute Gasteiger partial charge is 0.460 e. The van der Waals surface area contributed by atoms with Crippen LogP contribution in [0.3, 0.4) is 0 Å². The summed E-state index contributed by atoms with van der Waals surface area (Å²) < 4.78 is 7.36. The molecule has 3 aromatic rings. The average Bonchev–Trinajstić information content (AvgIpc) is 3.16. The van der Waals surface area contributed by atoms with E-state index in [1.807, 2.05) is 55.6 Å². The number of furan rings is 1. The standard InChI is InChI=1S/C19H18ClN3OS/c1-13(2)10-21-19-23(22-11-17-8-7-14(3)24-17)18(12-25-19)15-5-4-6-16(20)9-15/h4-9,11-12H,1,10H2,2-3H3. The second-order valence-electron chi connectivity index (χ2n) is 5.69. The zero-order valence-corrected chi connectivity index (χ0v) is 15.6. The molecule has 0 N–H and O–H groups in total. The lowest BCUT2D eigenvalue weighted by molar-refractivity contribution is 0.527. The SMILES string of the molecule is C=C(C)CN=c1scc(-c2cccc(Cl)c2)n1N=Cc1ccc(C)o1. The van der Waals surface area contributed by atoms with E-state index >= 15 is 0 Å². The summed E-state index contributed by atoms with van der Waals surface area (Å²) in [5.74, 6) is 1.54. The van der Waals surface area contributed by atoms with Gasteiger partial charge in [0.15, 0.2) is 0 Å². The van der Waals surface area contributed by atoms with E-state index in [0.29, 0.717) is 17.3 Å². The smallest absolute Gasteiger partial charge is 0.206 e. The Morgan fingerprint density at radius 1 is 1.36 bits per heavy atom. The van der Waals surface area contributed by atoms with Crippen LogP contribution < -0.4 is 4.80 Å². The van der Waals surface area contributed by atoms with Crippen molar-refractivity contribution in [3.8, 4) is 11.3 Å². The molecule has 128 valence electrons. The van der Waals surface area contributed by atoms with E-state index in [0.717, 1.165) is 27.4 Å². The predicted molar refractivity (Wildman–Crippen MR) is 104 cm³/mol. The molecule has 0 atom stereocenters. The van der Waals surface area contributed by atoms with Gasteiger partial charge in [-0.05, 0) is 38.1 Å². The lowest BCUT2D eigenvalue weighted by Crippen LogP contribution is -2.12. The van der Waals surface area contributed by atoms with Gasteiger partial charge in [0.25, 0.3) is 0 Å². The number of benzene rings is 1. The first-order chi connectivity index (χ1) is 12.0. The highest BCUT2D eigenvalue weighted by Gasteiger charge is 2.08. The number of hydrogen-bond donors (Lipinski definition) is 0. The maximum atomic E-state index is 6.14. The molecule has 0 radical (unpaired) electrons. The van der Waals surface area contributed by atoms with Crippen LogP contribution in [0.5, 0.6) is 0 Å². The summed E-state index contributed by atoms with van der Waals surface area (Å²) in [7, 11) is 0. The number of rotatable bonds is 5. The first-order valence-corrected chi connectivity index (χ1v) is 9.01. The fourth-order valence-electron chi connectivity index (χ4n) is 2.21. The molecule has 0 aliphatic carbocycles. The van der Waals surface area contributed by atoms with Gasteiger partial charge in [-0.25, -0.2) is 4.68 Å². The minimum atomic E-state index is 0.560. The van der Waals surface area contributed by atoms with Gasteiger partial charge in [0, 0.05) is 16.0 Å². The Morgan fingerprint density at radius 3 is 2.88 bits per heavy atom. The lowest BCUT2D eigenvalue weighted by Gasteiger charge is -2.04. The van der Waals surface area contributed by atoms with Crippen LogP contribution in [-0.2, 0) is 0 Å². The van der Waals surface area contributed by atoms with Gasteiger partial charge in [-0.1, -0.05) is 35.9 Å². The Hall–Kier alpha value is -2.37. The van der Waals surface area contributed by atoms with E-state index in [9.17, 15) is 0 Å². The molecule has 0 bridgehead atoms. The van der Waals surface area contributed by atoms with Crippen molar-refractivity contribution in [1.29, 1.82) is 0 Å². The zero-order valence-electron chi connectivity index (χ0n) is 14.1. The molecule has 25 heavy (non-hydrogen) atoms. The quantitative estimate of drug-likeness (QED) is 0.452. The zero-order chi connectivity index (χ0) is 17.8. The summed E-state index contributed by atoms with van der Waals surface area (Å²) in [4.78, 5) is 5.39. The molecule has 0 spiro atoms. The molecule has 0 amide bonds. The number of thiazole rings is 1. The van der Waals surface area contributed by atoms with E-state index in [1.165, 1.54) is 11.3 Å². The van der Waals surface area contributed by atoms with Crippen molar-refractivity contribution in [1.82, 2.24) is 4.68 Å². The summed E-state index contributed by atoms with van der Waals surface area (Å²) in [5, 5.41) is 7.28. The molecule has 1 aromatic carbocycles. The van der Waals surface area contributed by atoms with Crippen LogP contribution in [0, 0.1) is 6.92 Å². The summed E-state index contributed by atoms with van der Waals surface area (Å²) in [6, 6.07) is 11.5. The molecule has 3 rings (SSSR count). The van der Waals surface area contributed by atoms with Crippen molar-refractivity contribution in [3.05, 3.63) is 75.3 Å². The van der Waals surface area contributed by atoms with Crippen molar-refractivity contribution in [2.24, 2.45) is 10.1 Å². The first-order valence-electron chi connectivity index (χ1n) is 7.75. The topological polar surface area (TPSA) is 42.8 Å². The molecule has 0 saturated carbocycles. The fourth-order valence-corrected chi connectivity index (χ4v) is 3.23. The number of nitrogens with zero attached hydrogens (tertiary/aromatic N) is 3. The third-order valence-electron chi connectivity index (χ3n) is 3.35. The van der Waals surface area contributed by atoms with E-state index < -0.39 is 0 Å². The first kappa shape index (κ1) is 17.5. The van der Waals surface area contributed by atoms with Crippen LogP contribution >= 0.6 is 22.9 Å². The summed E-state index contributed by atoms with van der Waals surface area (Å²) in [6.45, 7) is 8.32. The molecule has 4 nitrogen and oxygen atoms in total. The summed E-state index contributed by atoms with van der Waals surface area (Å²) >= 11 is 7.66. The monoisotopic (exact) mass is 371 g/mol.